The number of fused-ring (bicyclic) bond motifs is 4. The van der Waals surface area contributed by atoms with Gasteiger partial charge in [-0.25, -0.2) is 0 Å². The van der Waals surface area contributed by atoms with Crippen LogP contribution in [0.5, 0.6) is 11.5 Å². The summed E-state index contributed by atoms with van der Waals surface area (Å²) < 4.78 is 17.5. The minimum absolute atomic E-state index is 0.241. The summed E-state index contributed by atoms with van der Waals surface area (Å²) in [6.45, 7) is 1.99. The minimum Gasteiger partial charge on any atom is -0.493 e. The summed E-state index contributed by atoms with van der Waals surface area (Å²) >= 11 is 5.88. The van der Waals surface area contributed by atoms with Gasteiger partial charge in [-0.3, -0.25) is 14.6 Å². The van der Waals surface area contributed by atoms with Gasteiger partial charge in [0.2, 0.25) is 0 Å². The Kier molecular flexibility index (Phi) is 4.29. The summed E-state index contributed by atoms with van der Waals surface area (Å²) in [5.41, 5.74) is 0.922. The molecule has 6 nitrogen and oxygen atoms in total. The van der Waals surface area contributed by atoms with E-state index in [1.165, 1.54) is 6.26 Å². The number of carbonyl (C=O) groups is 1. The highest BCUT2D eigenvalue weighted by atomic mass is 32.1. The van der Waals surface area contributed by atoms with E-state index in [0.717, 1.165) is 11.3 Å². The first-order valence-corrected chi connectivity index (χ1v) is 10.1. The van der Waals surface area contributed by atoms with E-state index in [9.17, 15) is 4.79 Å². The number of thiocarbonyl (C=S) groups is 1. The molecule has 0 saturated carbocycles. The molecule has 1 aromatic heterocycles. The van der Waals surface area contributed by atoms with Gasteiger partial charge in [-0.1, -0.05) is 30.3 Å². The first-order valence-electron chi connectivity index (χ1n) is 9.66. The van der Waals surface area contributed by atoms with Gasteiger partial charge in [0.25, 0.3) is 5.91 Å². The van der Waals surface area contributed by atoms with Crippen molar-refractivity contribution in [3.05, 3.63) is 78.3 Å². The Hall–Kier alpha value is -3.32. The zero-order chi connectivity index (χ0) is 20.9. The molecule has 2 aromatic carbocycles. The third-order valence-electron chi connectivity index (χ3n) is 5.63. The molecule has 2 aliphatic heterocycles. The fourth-order valence-electron chi connectivity index (χ4n) is 4.31. The maximum absolute atomic E-state index is 13.5. The molecule has 0 N–H and O–H groups in total. The van der Waals surface area contributed by atoms with E-state index >= 15 is 0 Å². The first kappa shape index (κ1) is 18.7. The van der Waals surface area contributed by atoms with Gasteiger partial charge in [-0.15, -0.1) is 0 Å². The molecule has 7 heteroatoms. The molecule has 2 atom stereocenters. The Morgan fingerprint density at radius 1 is 1.13 bits per heavy atom. The molecule has 3 aromatic rings. The van der Waals surface area contributed by atoms with Crippen molar-refractivity contribution in [2.75, 3.05) is 12.0 Å². The molecule has 2 bridgehead atoms. The normalized spacial score (nSPS) is 22.3. The first-order chi connectivity index (χ1) is 14.5. The van der Waals surface area contributed by atoms with E-state index in [0.29, 0.717) is 23.0 Å². The molecule has 1 amide bonds. The zero-order valence-electron chi connectivity index (χ0n) is 16.6. The van der Waals surface area contributed by atoms with Gasteiger partial charge in [0.15, 0.2) is 28.1 Å². The summed E-state index contributed by atoms with van der Waals surface area (Å²) in [5, 5.41) is 0.370. The lowest BCUT2D eigenvalue weighted by Gasteiger charge is -2.55. The van der Waals surface area contributed by atoms with Gasteiger partial charge < -0.3 is 13.9 Å². The SMILES string of the molecule is COc1cccc2c1OC1(C)CC2N(C(=O)c2ccco2)C(=S)N1c1ccccc1. The second-order valence-corrected chi connectivity index (χ2v) is 7.85. The Morgan fingerprint density at radius 3 is 2.63 bits per heavy atom. The molecule has 0 radical (unpaired) electrons. The molecule has 0 aliphatic carbocycles. The van der Waals surface area contributed by atoms with Crippen LogP contribution in [0.4, 0.5) is 5.69 Å². The number of benzene rings is 2. The molecule has 1 fully saturated rings. The average molecular weight is 420 g/mol. The summed E-state index contributed by atoms with van der Waals surface area (Å²) in [4.78, 5) is 17.0. The fourth-order valence-corrected chi connectivity index (χ4v) is 4.82. The van der Waals surface area contributed by atoms with Crippen LogP contribution in [0.3, 0.4) is 0 Å². The van der Waals surface area contributed by atoms with Crippen molar-refractivity contribution < 1.29 is 18.7 Å². The number of rotatable bonds is 3. The maximum Gasteiger partial charge on any atom is 0.296 e. The van der Waals surface area contributed by atoms with Gasteiger partial charge >= 0.3 is 0 Å². The number of carbonyl (C=O) groups excluding carboxylic acids is 1. The second kappa shape index (κ2) is 6.88. The molecule has 5 rings (SSSR count). The monoisotopic (exact) mass is 420 g/mol. The van der Waals surface area contributed by atoms with Crippen LogP contribution in [0, 0.1) is 0 Å². The van der Waals surface area contributed by atoms with E-state index < -0.39 is 5.72 Å². The highest BCUT2D eigenvalue weighted by Crippen LogP contribution is 2.52. The Bertz CT molecular complexity index is 1120. The molecule has 152 valence electrons. The molecule has 1 saturated heterocycles. The van der Waals surface area contributed by atoms with Crippen LogP contribution in [0.2, 0.25) is 0 Å². The molecular weight excluding hydrogens is 400 g/mol. The third kappa shape index (κ3) is 2.69. The van der Waals surface area contributed by atoms with Gasteiger partial charge in [-0.2, -0.15) is 0 Å². The molecule has 30 heavy (non-hydrogen) atoms. The van der Waals surface area contributed by atoms with Crippen LogP contribution in [0.1, 0.15) is 35.5 Å². The highest BCUT2D eigenvalue weighted by Gasteiger charge is 2.54. The van der Waals surface area contributed by atoms with Crippen molar-refractivity contribution in [3.63, 3.8) is 0 Å². The van der Waals surface area contributed by atoms with Crippen molar-refractivity contribution >= 4 is 28.9 Å². The Balaban J connectivity index is 1.71. The fraction of sp³-hybridized carbons (Fsp3) is 0.217. The van der Waals surface area contributed by atoms with Gasteiger partial charge in [0, 0.05) is 17.7 Å². The van der Waals surface area contributed by atoms with Crippen molar-refractivity contribution in [1.29, 1.82) is 0 Å². The summed E-state index contributed by atoms with van der Waals surface area (Å²) in [5.74, 6) is 1.20. The summed E-state index contributed by atoms with van der Waals surface area (Å²) in [7, 11) is 1.61. The molecular formula is C23H20N2O4S. The van der Waals surface area contributed by atoms with Crippen LogP contribution in [-0.4, -0.2) is 28.8 Å². The number of hydrogen-bond donors (Lipinski definition) is 0. The lowest BCUT2D eigenvalue weighted by Crippen LogP contribution is -2.67. The van der Waals surface area contributed by atoms with Gasteiger partial charge in [0.05, 0.1) is 19.4 Å². The van der Waals surface area contributed by atoms with E-state index in [1.54, 1.807) is 24.1 Å². The predicted octanol–water partition coefficient (Wildman–Crippen LogP) is 4.78. The molecule has 3 heterocycles. The minimum atomic E-state index is -0.787. The molecule has 2 unspecified atom stereocenters. The van der Waals surface area contributed by atoms with Crippen molar-refractivity contribution in [2.45, 2.75) is 25.1 Å². The number of nitrogens with zero attached hydrogens (tertiary/aromatic N) is 2. The quantitative estimate of drug-likeness (QED) is 0.569. The van der Waals surface area contributed by atoms with E-state index in [4.69, 9.17) is 26.1 Å². The van der Waals surface area contributed by atoms with Gasteiger partial charge in [-0.05, 0) is 49.5 Å². The van der Waals surface area contributed by atoms with Crippen molar-refractivity contribution in [2.24, 2.45) is 0 Å². The smallest absolute Gasteiger partial charge is 0.296 e. The molecule has 0 spiro atoms. The standard InChI is InChI=1S/C23H20N2O4S/c1-23-14-17(16-10-6-11-18(27-2)20(16)29-23)24(21(26)19-12-7-13-28-19)22(30)25(23)15-8-4-3-5-9-15/h3-13,17H,14H2,1-2H3. The van der Waals surface area contributed by atoms with Crippen LogP contribution < -0.4 is 14.4 Å². The number of hydrogen-bond acceptors (Lipinski definition) is 5. The lowest BCUT2D eigenvalue weighted by atomic mass is 9.88. The van der Waals surface area contributed by atoms with Crippen molar-refractivity contribution in [1.82, 2.24) is 4.90 Å². The zero-order valence-corrected chi connectivity index (χ0v) is 17.4. The number of methoxy groups -OCH3 is 1. The second-order valence-electron chi connectivity index (χ2n) is 7.48. The highest BCUT2D eigenvalue weighted by molar-refractivity contribution is 7.80. The lowest BCUT2D eigenvalue weighted by molar-refractivity contribution is 0.0152. The average Bonchev–Trinajstić information content (AvgIpc) is 3.28. The van der Waals surface area contributed by atoms with Crippen molar-refractivity contribution in [3.8, 4) is 11.5 Å². The van der Waals surface area contributed by atoms with Gasteiger partial charge in [0.1, 0.15) is 0 Å². The number of anilines is 1. The number of furan rings is 1. The number of amides is 1. The van der Waals surface area contributed by atoms with Crippen LogP contribution in [-0.2, 0) is 0 Å². The summed E-state index contributed by atoms with van der Waals surface area (Å²) in [6.07, 6.45) is 2.02. The summed E-state index contributed by atoms with van der Waals surface area (Å²) in [6, 6.07) is 18.4. The predicted molar refractivity (Wildman–Crippen MR) is 116 cm³/mol. The third-order valence-corrected chi connectivity index (χ3v) is 6.01. The number of ether oxygens (including phenoxy) is 2. The Labute approximate surface area is 179 Å². The van der Waals surface area contributed by atoms with E-state index in [-0.39, 0.29) is 17.7 Å². The topological polar surface area (TPSA) is 55.2 Å². The van der Waals surface area contributed by atoms with Crippen LogP contribution in [0.25, 0.3) is 0 Å². The largest absolute Gasteiger partial charge is 0.493 e. The van der Waals surface area contributed by atoms with Crippen LogP contribution >= 0.6 is 12.2 Å². The van der Waals surface area contributed by atoms with E-state index in [1.807, 2.05) is 60.4 Å². The maximum atomic E-state index is 13.5. The Morgan fingerprint density at radius 2 is 1.93 bits per heavy atom. The number of para-hydroxylation sites is 2. The van der Waals surface area contributed by atoms with Crippen LogP contribution in [0.15, 0.2) is 71.3 Å². The van der Waals surface area contributed by atoms with E-state index in [2.05, 4.69) is 0 Å². The molecule has 2 aliphatic rings.